The summed E-state index contributed by atoms with van der Waals surface area (Å²) in [6.45, 7) is 3.53. The first-order valence-corrected chi connectivity index (χ1v) is 10.7. The van der Waals surface area contributed by atoms with Crippen LogP contribution in [0.2, 0.25) is 0 Å². The molecule has 0 aliphatic heterocycles. The van der Waals surface area contributed by atoms with Crippen LogP contribution in [0.5, 0.6) is 0 Å². The summed E-state index contributed by atoms with van der Waals surface area (Å²) in [6.07, 6.45) is 9.83. The van der Waals surface area contributed by atoms with E-state index in [0.717, 1.165) is 56.9 Å². The second-order valence-corrected chi connectivity index (χ2v) is 8.19. The van der Waals surface area contributed by atoms with Crippen LogP contribution in [0.25, 0.3) is 33.1 Å². The van der Waals surface area contributed by atoms with Crippen LogP contribution in [-0.2, 0) is 6.54 Å². The lowest BCUT2D eigenvalue weighted by molar-refractivity contribution is 0.325. The second-order valence-electron chi connectivity index (χ2n) is 8.19. The number of aromatic nitrogens is 7. The molecule has 1 fully saturated rings. The molecule has 5 aromatic rings. The van der Waals surface area contributed by atoms with E-state index in [1.807, 2.05) is 43.7 Å². The summed E-state index contributed by atoms with van der Waals surface area (Å²) in [5, 5.41) is 17.8. The first kappa shape index (κ1) is 19.4. The van der Waals surface area contributed by atoms with Gasteiger partial charge in [-0.2, -0.15) is 5.10 Å². The number of rotatable bonds is 4. The Morgan fingerprint density at radius 1 is 1.16 bits per heavy atom. The Hall–Kier alpha value is -3.52. The lowest BCUT2D eigenvalue weighted by Gasteiger charge is -2.22. The van der Waals surface area contributed by atoms with Gasteiger partial charge in [0.05, 0.1) is 30.1 Å². The Labute approximate surface area is 179 Å². The third-order valence-electron chi connectivity index (χ3n) is 5.88. The Bertz CT molecular complexity index is 1300. The zero-order valence-corrected chi connectivity index (χ0v) is 17.5. The number of hydrogen-bond acceptors (Lipinski definition) is 5. The van der Waals surface area contributed by atoms with Gasteiger partial charge in [0, 0.05) is 33.7 Å². The zero-order chi connectivity index (χ0) is 21.2. The van der Waals surface area contributed by atoms with E-state index in [0.29, 0.717) is 6.54 Å². The monoisotopic (exact) mass is 414 g/mol. The van der Waals surface area contributed by atoms with Gasteiger partial charge < -0.3 is 10.7 Å². The molecule has 0 bridgehead atoms. The van der Waals surface area contributed by atoms with Gasteiger partial charge >= 0.3 is 0 Å². The Morgan fingerprint density at radius 3 is 2.84 bits per heavy atom. The van der Waals surface area contributed by atoms with Crippen LogP contribution in [0, 0.1) is 12.8 Å². The third kappa shape index (κ3) is 4.06. The van der Waals surface area contributed by atoms with Gasteiger partial charge in [0.15, 0.2) is 0 Å². The van der Waals surface area contributed by atoms with Gasteiger partial charge in [-0.05, 0) is 50.4 Å². The van der Waals surface area contributed by atoms with Crippen LogP contribution < -0.4 is 5.73 Å². The van der Waals surface area contributed by atoms with Crippen LogP contribution in [-0.4, -0.2) is 41.7 Å². The fraction of sp³-hybridized carbons (Fsp3) is 0.304. The highest BCUT2D eigenvalue weighted by molar-refractivity contribution is 5.93. The fourth-order valence-corrected chi connectivity index (χ4v) is 3.89. The molecule has 8 nitrogen and oxygen atoms in total. The van der Waals surface area contributed by atoms with E-state index < -0.39 is 0 Å². The highest BCUT2D eigenvalue weighted by Crippen LogP contribution is 2.26. The van der Waals surface area contributed by atoms with Gasteiger partial charge in [0.1, 0.15) is 5.69 Å². The van der Waals surface area contributed by atoms with E-state index in [1.54, 1.807) is 4.68 Å². The average Bonchev–Trinajstić information content (AvgIpc) is 3.45. The molecule has 31 heavy (non-hydrogen) atoms. The molecule has 0 saturated heterocycles. The lowest BCUT2D eigenvalue weighted by Crippen LogP contribution is -2.20. The molecule has 4 N–H and O–H groups in total. The summed E-state index contributed by atoms with van der Waals surface area (Å²) in [4.78, 5) is 7.85. The Kier molecular flexibility index (Phi) is 5.21. The minimum absolute atomic E-state index is 0.572. The van der Waals surface area contributed by atoms with E-state index in [4.69, 9.17) is 5.73 Å². The standard InChI is InChI=1S/C18H15N7.C5H11N/c1-11-5-12-7-19-13(6-17(12)21-11)9-25-10-18(23-24-25)14-3-2-4-16-15(14)8-20-22-16;6-4-5-2-1-3-5/h2-8,10,21H,9H2,1H3,(H,20,22);5H,1-4,6H2. The summed E-state index contributed by atoms with van der Waals surface area (Å²) >= 11 is 0. The number of hydrogen-bond donors (Lipinski definition) is 3. The number of aryl methyl sites for hydroxylation is 1. The number of fused-ring (bicyclic) bond motifs is 2. The molecule has 0 amide bonds. The van der Waals surface area contributed by atoms with E-state index in [-0.39, 0.29) is 0 Å². The molecule has 1 aliphatic carbocycles. The largest absolute Gasteiger partial charge is 0.359 e. The Balaban J connectivity index is 0.000000296. The molecule has 158 valence electrons. The molecule has 4 aromatic heterocycles. The molecule has 4 heterocycles. The Morgan fingerprint density at radius 2 is 2.06 bits per heavy atom. The van der Waals surface area contributed by atoms with Crippen molar-refractivity contribution in [2.75, 3.05) is 6.54 Å². The SMILES string of the molecule is Cc1cc2cnc(Cn3cc(-c4cccc5[nH]ncc45)nn3)cc2[nH]1.NCC1CCC1. The molecule has 1 aromatic carbocycles. The van der Waals surface area contributed by atoms with Gasteiger partial charge in [0.2, 0.25) is 0 Å². The predicted molar refractivity (Wildman–Crippen MR) is 121 cm³/mol. The number of benzene rings is 1. The maximum atomic E-state index is 5.33. The van der Waals surface area contributed by atoms with Crippen molar-refractivity contribution in [1.82, 2.24) is 35.2 Å². The summed E-state index contributed by atoms with van der Waals surface area (Å²) in [6, 6.07) is 10.1. The maximum absolute atomic E-state index is 5.33. The number of nitrogens with zero attached hydrogens (tertiary/aromatic N) is 5. The van der Waals surface area contributed by atoms with Crippen molar-refractivity contribution < 1.29 is 0 Å². The first-order chi connectivity index (χ1) is 15.2. The summed E-state index contributed by atoms with van der Waals surface area (Å²) in [5.41, 5.74) is 11.3. The molecule has 6 rings (SSSR count). The fourth-order valence-electron chi connectivity index (χ4n) is 3.89. The zero-order valence-electron chi connectivity index (χ0n) is 17.5. The van der Waals surface area contributed by atoms with Crippen molar-refractivity contribution >= 4 is 21.8 Å². The smallest absolute Gasteiger partial charge is 0.113 e. The van der Waals surface area contributed by atoms with Crippen molar-refractivity contribution in [2.45, 2.75) is 32.7 Å². The minimum atomic E-state index is 0.572. The lowest BCUT2D eigenvalue weighted by atomic mass is 9.86. The van der Waals surface area contributed by atoms with E-state index in [2.05, 4.69) is 42.6 Å². The van der Waals surface area contributed by atoms with Crippen LogP contribution in [0.1, 0.15) is 30.7 Å². The van der Waals surface area contributed by atoms with Crippen molar-refractivity contribution in [2.24, 2.45) is 11.7 Å². The molecule has 1 saturated carbocycles. The molecule has 0 radical (unpaired) electrons. The van der Waals surface area contributed by atoms with Crippen molar-refractivity contribution in [3.8, 4) is 11.3 Å². The van der Waals surface area contributed by atoms with E-state index in [1.165, 1.54) is 19.3 Å². The van der Waals surface area contributed by atoms with Crippen molar-refractivity contribution in [3.63, 3.8) is 0 Å². The molecule has 0 unspecified atom stereocenters. The van der Waals surface area contributed by atoms with Gasteiger partial charge in [-0.3, -0.25) is 10.1 Å². The molecule has 0 spiro atoms. The summed E-state index contributed by atoms with van der Waals surface area (Å²) in [7, 11) is 0. The van der Waals surface area contributed by atoms with Gasteiger partial charge in [0.25, 0.3) is 0 Å². The number of nitrogens with one attached hydrogen (secondary N) is 2. The molecule has 0 atom stereocenters. The third-order valence-corrected chi connectivity index (χ3v) is 5.88. The second kappa shape index (κ2) is 8.31. The van der Waals surface area contributed by atoms with Gasteiger partial charge in [-0.15, -0.1) is 5.10 Å². The summed E-state index contributed by atoms with van der Waals surface area (Å²) < 4.78 is 1.80. The van der Waals surface area contributed by atoms with Gasteiger partial charge in [-0.1, -0.05) is 23.8 Å². The molecular weight excluding hydrogens is 388 g/mol. The topological polar surface area (TPSA) is 114 Å². The number of aromatic amines is 2. The van der Waals surface area contributed by atoms with Crippen LogP contribution in [0.4, 0.5) is 0 Å². The van der Waals surface area contributed by atoms with E-state index >= 15 is 0 Å². The highest BCUT2D eigenvalue weighted by atomic mass is 15.4. The average molecular weight is 415 g/mol. The molecular formula is C23H26N8. The number of nitrogens with two attached hydrogens (primary N) is 1. The normalized spacial score (nSPS) is 13.9. The van der Waals surface area contributed by atoms with Crippen LogP contribution >= 0.6 is 0 Å². The first-order valence-electron chi connectivity index (χ1n) is 10.7. The van der Waals surface area contributed by atoms with Gasteiger partial charge in [-0.25, -0.2) is 4.68 Å². The predicted octanol–water partition coefficient (Wildman–Crippen LogP) is 3.80. The quantitative estimate of drug-likeness (QED) is 0.414. The van der Waals surface area contributed by atoms with Crippen LogP contribution in [0.3, 0.4) is 0 Å². The number of pyridine rings is 1. The molecule has 1 aliphatic rings. The van der Waals surface area contributed by atoms with E-state index in [9.17, 15) is 0 Å². The van der Waals surface area contributed by atoms with Crippen LogP contribution in [0.15, 0.2) is 48.9 Å². The number of H-pyrrole nitrogens is 2. The highest BCUT2D eigenvalue weighted by Gasteiger charge is 2.14. The minimum Gasteiger partial charge on any atom is -0.359 e. The van der Waals surface area contributed by atoms with Crippen molar-refractivity contribution in [1.29, 1.82) is 0 Å². The summed E-state index contributed by atoms with van der Waals surface area (Å²) in [5.74, 6) is 0.894. The van der Waals surface area contributed by atoms with Crippen molar-refractivity contribution in [3.05, 3.63) is 60.3 Å². The maximum Gasteiger partial charge on any atom is 0.113 e. The molecule has 8 heteroatoms.